The van der Waals surface area contributed by atoms with Crippen molar-refractivity contribution >= 4 is 17.4 Å². The summed E-state index contributed by atoms with van der Waals surface area (Å²) in [4.78, 5) is 28.1. The molecule has 184 valence electrons. The Kier molecular flexibility index (Phi) is 6.62. The van der Waals surface area contributed by atoms with E-state index in [-0.39, 0.29) is 17.9 Å². The van der Waals surface area contributed by atoms with Crippen molar-refractivity contribution in [2.75, 3.05) is 19.8 Å². The maximum Gasteiger partial charge on any atom is 0.295 e. The highest BCUT2D eigenvalue weighted by atomic mass is 16.6. The molecular weight excluding hydrogens is 458 g/mol. The molecule has 0 aliphatic carbocycles. The Bertz CT molecular complexity index is 1300. The zero-order valence-corrected chi connectivity index (χ0v) is 20.0. The van der Waals surface area contributed by atoms with Crippen molar-refractivity contribution in [1.29, 1.82) is 0 Å². The zero-order chi connectivity index (χ0) is 25.1. The van der Waals surface area contributed by atoms with Crippen LogP contribution < -0.4 is 14.2 Å². The van der Waals surface area contributed by atoms with Crippen LogP contribution in [0, 0.1) is 0 Å². The summed E-state index contributed by atoms with van der Waals surface area (Å²) in [7, 11) is 0. The van der Waals surface area contributed by atoms with E-state index in [1.807, 2.05) is 61.5 Å². The van der Waals surface area contributed by atoms with Crippen molar-refractivity contribution in [1.82, 2.24) is 4.90 Å². The second-order valence-electron chi connectivity index (χ2n) is 8.69. The molecule has 2 heterocycles. The summed E-state index contributed by atoms with van der Waals surface area (Å²) in [5, 5.41) is 11.4. The molecule has 2 aliphatic rings. The number of ketones is 1. The van der Waals surface area contributed by atoms with Crippen LogP contribution in [0.5, 0.6) is 17.2 Å². The molecular formula is C29H27NO6. The minimum Gasteiger partial charge on any atom is -0.507 e. The first-order valence-corrected chi connectivity index (χ1v) is 12.0. The molecule has 0 spiro atoms. The van der Waals surface area contributed by atoms with Gasteiger partial charge in [0.05, 0.1) is 18.2 Å². The Balaban J connectivity index is 1.59. The van der Waals surface area contributed by atoms with Crippen LogP contribution in [0.15, 0.2) is 78.4 Å². The van der Waals surface area contributed by atoms with Gasteiger partial charge in [-0.15, -0.1) is 0 Å². The number of hydrogen-bond donors (Lipinski definition) is 1. The molecule has 0 saturated carbocycles. The van der Waals surface area contributed by atoms with Crippen molar-refractivity contribution in [3.05, 3.63) is 95.1 Å². The zero-order valence-electron chi connectivity index (χ0n) is 20.0. The maximum atomic E-state index is 13.3. The lowest BCUT2D eigenvalue weighted by Crippen LogP contribution is -2.29. The van der Waals surface area contributed by atoms with Gasteiger partial charge in [-0.25, -0.2) is 0 Å². The van der Waals surface area contributed by atoms with Gasteiger partial charge in [-0.05, 0) is 47.9 Å². The summed E-state index contributed by atoms with van der Waals surface area (Å²) in [5.74, 6) is 0.118. The van der Waals surface area contributed by atoms with Crippen LogP contribution in [0.25, 0.3) is 5.76 Å². The summed E-state index contributed by atoms with van der Waals surface area (Å²) in [5.41, 5.74) is 2.00. The molecule has 3 aromatic carbocycles. The van der Waals surface area contributed by atoms with Gasteiger partial charge in [0, 0.05) is 12.1 Å². The van der Waals surface area contributed by atoms with Crippen molar-refractivity contribution < 1.29 is 28.9 Å². The van der Waals surface area contributed by atoms with Crippen LogP contribution in [0.4, 0.5) is 0 Å². The molecule has 1 atom stereocenters. The third-order valence-corrected chi connectivity index (χ3v) is 6.22. The highest BCUT2D eigenvalue weighted by Gasteiger charge is 2.46. The number of hydrogen-bond acceptors (Lipinski definition) is 6. The molecule has 1 amide bonds. The van der Waals surface area contributed by atoms with Gasteiger partial charge in [0.15, 0.2) is 11.5 Å². The molecule has 5 rings (SSSR count). The topological polar surface area (TPSA) is 85.3 Å². The van der Waals surface area contributed by atoms with E-state index >= 15 is 0 Å². The van der Waals surface area contributed by atoms with Crippen LogP contribution in [-0.4, -0.2) is 41.5 Å². The quantitative estimate of drug-likeness (QED) is 0.292. The average molecular weight is 486 g/mol. The normalized spacial score (nSPS) is 18.4. The largest absolute Gasteiger partial charge is 0.507 e. The fourth-order valence-corrected chi connectivity index (χ4v) is 4.48. The fraction of sp³-hybridized carbons (Fsp3) is 0.241. The summed E-state index contributed by atoms with van der Waals surface area (Å²) >= 11 is 0. The lowest BCUT2D eigenvalue weighted by Gasteiger charge is -2.26. The van der Waals surface area contributed by atoms with E-state index in [1.54, 1.807) is 18.2 Å². The van der Waals surface area contributed by atoms with Gasteiger partial charge in [-0.1, -0.05) is 49.4 Å². The van der Waals surface area contributed by atoms with E-state index in [4.69, 9.17) is 14.2 Å². The molecule has 0 radical (unpaired) electrons. The molecule has 1 fully saturated rings. The van der Waals surface area contributed by atoms with E-state index in [0.29, 0.717) is 48.2 Å². The second kappa shape index (κ2) is 10.2. The number of fused-ring (bicyclic) bond motifs is 1. The first-order chi connectivity index (χ1) is 17.6. The fourth-order valence-electron chi connectivity index (χ4n) is 4.48. The first kappa shape index (κ1) is 23.5. The molecule has 0 aromatic heterocycles. The monoisotopic (exact) mass is 485 g/mol. The standard InChI is InChI=1S/C29H27NO6/c1-2-14-34-22-11-8-20(9-12-22)26-25(27(31)21-10-13-23-24(17-21)36-16-15-35-23)28(32)29(33)30(26)18-19-6-4-3-5-7-19/h3-13,17,26,31H,2,14-16,18H2,1H3. The molecule has 7 nitrogen and oxygen atoms in total. The van der Waals surface area contributed by atoms with E-state index in [0.717, 1.165) is 12.0 Å². The maximum absolute atomic E-state index is 13.3. The predicted octanol–water partition coefficient (Wildman–Crippen LogP) is 4.87. The Labute approximate surface area is 209 Å². The van der Waals surface area contributed by atoms with Crippen molar-refractivity contribution in [2.45, 2.75) is 25.9 Å². The lowest BCUT2D eigenvalue weighted by atomic mass is 9.95. The Morgan fingerprint density at radius 2 is 1.69 bits per heavy atom. The van der Waals surface area contributed by atoms with E-state index in [1.165, 1.54) is 4.90 Å². The molecule has 1 unspecified atom stereocenters. The van der Waals surface area contributed by atoms with Gasteiger partial charge >= 0.3 is 0 Å². The number of nitrogens with zero attached hydrogens (tertiary/aromatic N) is 1. The molecule has 1 N–H and O–H groups in total. The third-order valence-electron chi connectivity index (χ3n) is 6.22. The van der Waals surface area contributed by atoms with E-state index in [9.17, 15) is 14.7 Å². The first-order valence-electron chi connectivity index (χ1n) is 12.0. The Hall–Kier alpha value is -4.26. The van der Waals surface area contributed by atoms with Gasteiger partial charge in [0.2, 0.25) is 0 Å². The summed E-state index contributed by atoms with van der Waals surface area (Å²) in [6.45, 7) is 3.69. The van der Waals surface area contributed by atoms with Crippen molar-refractivity contribution in [3.8, 4) is 17.2 Å². The van der Waals surface area contributed by atoms with Crippen LogP contribution in [0.2, 0.25) is 0 Å². The minimum absolute atomic E-state index is 0.0369. The van der Waals surface area contributed by atoms with Crippen LogP contribution in [0.1, 0.15) is 36.1 Å². The number of carbonyl (C=O) groups is 2. The van der Waals surface area contributed by atoms with Gasteiger partial charge in [-0.2, -0.15) is 0 Å². The number of aliphatic hydroxyl groups is 1. The van der Waals surface area contributed by atoms with Gasteiger partial charge in [-0.3, -0.25) is 9.59 Å². The summed E-state index contributed by atoms with van der Waals surface area (Å²) in [6.07, 6.45) is 0.883. The Morgan fingerprint density at radius 3 is 2.42 bits per heavy atom. The third kappa shape index (κ3) is 4.52. The number of carbonyl (C=O) groups excluding carboxylic acids is 2. The number of aliphatic hydroxyl groups excluding tert-OH is 1. The Morgan fingerprint density at radius 1 is 0.972 bits per heavy atom. The number of amides is 1. The lowest BCUT2D eigenvalue weighted by molar-refractivity contribution is -0.140. The molecule has 7 heteroatoms. The van der Waals surface area contributed by atoms with Crippen LogP contribution >= 0.6 is 0 Å². The van der Waals surface area contributed by atoms with Crippen LogP contribution in [-0.2, 0) is 16.1 Å². The van der Waals surface area contributed by atoms with Crippen molar-refractivity contribution in [3.63, 3.8) is 0 Å². The van der Waals surface area contributed by atoms with Gasteiger partial charge in [0.25, 0.3) is 11.7 Å². The smallest absolute Gasteiger partial charge is 0.295 e. The van der Waals surface area contributed by atoms with E-state index < -0.39 is 17.7 Å². The molecule has 0 bridgehead atoms. The van der Waals surface area contributed by atoms with Gasteiger partial charge in [0.1, 0.15) is 24.7 Å². The highest BCUT2D eigenvalue weighted by Crippen LogP contribution is 2.42. The van der Waals surface area contributed by atoms with E-state index in [2.05, 4.69) is 0 Å². The number of Topliss-reactive ketones (excluding diaryl/α,β-unsaturated/α-hetero) is 1. The number of benzene rings is 3. The SMILES string of the molecule is CCCOc1ccc(C2C(=C(O)c3ccc4c(c3)OCCO4)C(=O)C(=O)N2Cc2ccccc2)cc1. The average Bonchev–Trinajstić information content (AvgIpc) is 3.17. The minimum atomic E-state index is -0.765. The molecule has 1 saturated heterocycles. The summed E-state index contributed by atoms with van der Waals surface area (Å²) in [6, 6.07) is 21.0. The van der Waals surface area contributed by atoms with Gasteiger partial charge < -0.3 is 24.2 Å². The number of rotatable bonds is 7. The van der Waals surface area contributed by atoms with Crippen LogP contribution in [0.3, 0.4) is 0 Å². The number of ether oxygens (including phenoxy) is 3. The number of likely N-dealkylation sites (tertiary alicyclic amines) is 1. The molecule has 36 heavy (non-hydrogen) atoms. The predicted molar refractivity (Wildman–Crippen MR) is 134 cm³/mol. The molecule has 3 aromatic rings. The highest BCUT2D eigenvalue weighted by molar-refractivity contribution is 6.46. The van der Waals surface area contributed by atoms with Crippen molar-refractivity contribution in [2.24, 2.45) is 0 Å². The summed E-state index contributed by atoms with van der Waals surface area (Å²) < 4.78 is 16.9. The second-order valence-corrected chi connectivity index (χ2v) is 8.69. The molecule has 2 aliphatic heterocycles.